The van der Waals surface area contributed by atoms with Gasteiger partial charge in [0.15, 0.2) is 5.96 Å². The number of ether oxygens (including phenoxy) is 1. The van der Waals surface area contributed by atoms with Crippen LogP contribution in [-0.2, 0) is 17.9 Å². The molecule has 1 heterocycles. The molecule has 3 rings (SSSR count). The molecule has 0 bridgehead atoms. The van der Waals surface area contributed by atoms with Gasteiger partial charge in [0.05, 0.1) is 13.2 Å². The fourth-order valence-electron chi connectivity index (χ4n) is 2.91. The Labute approximate surface area is 182 Å². The summed E-state index contributed by atoms with van der Waals surface area (Å²) in [5.74, 6) is 2.82. The van der Waals surface area contributed by atoms with Crippen molar-refractivity contribution >= 4 is 53.1 Å². The van der Waals surface area contributed by atoms with E-state index in [1.54, 1.807) is 7.11 Å². The molecule has 146 valence electrons. The van der Waals surface area contributed by atoms with Crippen molar-refractivity contribution in [2.75, 3.05) is 41.9 Å². The summed E-state index contributed by atoms with van der Waals surface area (Å²) < 4.78 is 5.21. The van der Waals surface area contributed by atoms with E-state index >= 15 is 0 Å². The maximum atomic E-state index is 6.05. The third-order valence-electron chi connectivity index (χ3n) is 4.32. The maximum absolute atomic E-state index is 6.05. The van der Waals surface area contributed by atoms with E-state index in [1.165, 1.54) is 17.2 Å². The molecule has 1 aliphatic heterocycles. The summed E-state index contributed by atoms with van der Waals surface area (Å²) in [7, 11) is 1.68. The highest BCUT2D eigenvalue weighted by molar-refractivity contribution is 14.0. The van der Waals surface area contributed by atoms with Gasteiger partial charge in [0.2, 0.25) is 0 Å². The van der Waals surface area contributed by atoms with Gasteiger partial charge in [-0.05, 0) is 23.8 Å². The van der Waals surface area contributed by atoms with E-state index < -0.39 is 0 Å². The summed E-state index contributed by atoms with van der Waals surface area (Å²) in [5.41, 5.74) is 10.5. The molecule has 0 unspecified atom stereocenters. The van der Waals surface area contributed by atoms with Gasteiger partial charge in [-0.1, -0.05) is 30.3 Å². The quantitative estimate of drug-likeness (QED) is 0.359. The second-order valence-corrected chi connectivity index (χ2v) is 7.41. The Morgan fingerprint density at radius 3 is 2.56 bits per heavy atom. The smallest absolute Gasteiger partial charge is 0.193 e. The largest absolute Gasteiger partial charge is 0.380 e. The molecular weight excluding hydrogens is 471 g/mol. The first-order valence-corrected chi connectivity index (χ1v) is 9.97. The van der Waals surface area contributed by atoms with E-state index in [0.717, 1.165) is 29.9 Å². The minimum absolute atomic E-state index is 0. The molecule has 27 heavy (non-hydrogen) atoms. The molecule has 0 saturated carbocycles. The summed E-state index contributed by atoms with van der Waals surface area (Å²) in [6.07, 6.45) is 0. The number of para-hydroxylation sites is 1. The van der Waals surface area contributed by atoms with Gasteiger partial charge < -0.3 is 20.7 Å². The summed E-state index contributed by atoms with van der Waals surface area (Å²) in [6, 6.07) is 16.6. The average Bonchev–Trinajstić information content (AvgIpc) is 2.69. The van der Waals surface area contributed by atoms with Crippen molar-refractivity contribution in [2.24, 2.45) is 10.7 Å². The van der Waals surface area contributed by atoms with Gasteiger partial charge in [-0.15, -0.1) is 24.0 Å². The Morgan fingerprint density at radius 2 is 1.85 bits per heavy atom. The molecule has 3 N–H and O–H groups in total. The number of thioether (sulfide) groups is 1. The van der Waals surface area contributed by atoms with Gasteiger partial charge in [0.25, 0.3) is 0 Å². The van der Waals surface area contributed by atoms with Crippen LogP contribution in [0, 0.1) is 0 Å². The number of halogens is 1. The normalized spacial score (nSPS) is 14.6. The summed E-state index contributed by atoms with van der Waals surface area (Å²) in [4.78, 5) is 6.90. The van der Waals surface area contributed by atoms with Gasteiger partial charge >= 0.3 is 0 Å². The number of methoxy groups -OCH3 is 1. The zero-order chi connectivity index (χ0) is 18.2. The van der Waals surface area contributed by atoms with Crippen LogP contribution in [0.2, 0.25) is 0 Å². The molecule has 7 heteroatoms. The molecule has 5 nitrogen and oxygen atoms in total. The maximum Gasteiger partial charge on any atom is 0.193 e. The number of nitrogens with one attached hydrogen (secondary N) is 1. The Balaban J connectivity index is 0.00000261. The van der Waals surface area contributed by atoms with Crippen LogP contribution >= 0.6 is 35.7 Å². The lowest BCUT2D eigenvalue weighted by Crippen LogP contribution is -2.32. The molecule has 1 fully saturated rings. The number of rotatable bonds is 6. The van der Waals surface area contributed by atoms with E-state index in [4.69, 9.17) is 10.5 Å². The second kappa shape index (κ2) is 11.4. The van der Waals surface area contributed by atoms with Crippen LogP contribution in [0.25, 0.3) is 0 Å². The molecule has 0 atom stereocenters. The Morgan fingerprint density at radius 1 is 1.15 bits per heavy atom. The predicted octanol–water partition coefficient (Wildman–Crippen LogP) is 3.93. The lowest BCUT2D eigenvalue weighted by atomic mass is 10.2. The molecular formula is C20H27IN4OS. The molecule has 0 aromatic heterocycles. The van der Waals surface area contributed by atoms with E-state index in [0.29, 0.717) is 19.1 Å². The average molecular weight is 498 g/mol. The molecule has 1 saturated heterocycles. The van der Waals surface area contributed by atoms with Crippen molar-refractivity contribution in [3.05, 3.63) is 59.7 Å². The fraction of sp³-hybridized carbons (Fsp3) is 0.350. The number of hydrogen-bond acceptors (Lipinski definition) is 4. The van der Waals surface area contributed by atoms with Gasteiger partial charge in [0.1, 0.15) is 0 Å². The standard InChI is InChI=1S/C20H26N4OS.HI/c1-25-15-17-4-2-3-5-19(17)23-20(21)22-14-16-6-8-18(9-7-16)24-10-12-26-13-11-24;/h2-9H,10-15H2,1H3,(H3,21,22,23);1H. The van der Waals surface area contributed by atoms with Gasteiger partial charge in [0, 0.05) is 48.6 Å². The Hall–Kier alpha value is -1.45. The van der Waals surface area contributed by atoms with Gasteiger partial charge in [-0.3, -0.25) is 0 Å². The monoisotopic (exact) mass is 498 g/mol. The molecule has 2 aromatic carbocycles. The molecule has 2 aromatic rings. The summed E-state index contributed by atoms with van der Waals surface area (Å²) in [6.45, 7) is 3.34. The minimum Gasteiger partial charge on any atom is -0.380 e. The second-order valence-electron chi connectivity index (χ2n) is 6.18. The highest BCUT2D eigenvalue weighted by Gasteiger charge is 2.10. The van der Waals surface area contributed by atoms with Gasteiger partial charge in [-0.25, -0.2) is 4.99 Å². The van der Waals surface area contributed by atoms with E-state index in [1.807, 2.05) is 36.0 Å². The highest BCUT2D eigenvalue weighted by Crippen LogP contribution is 2.20. The van der Waals surface area contributed by atoms with E-state index in [-0.39, 0.29) is 24.0 Å². The van der Waals surface area contributed by atoms with Crippen LogP contribution in [0.3, 0.4) is 0 Å². The zero-order valence-corrected chi connectivity index (χ0v) is 18.7. The number of anilines is 2. The minimum atomic E-state index is 0. The molecule has 0 amide bonds. The number of hydrogen-bond donors (Lipinski definition) is 2. The van der Waals surface area contributed by atoms with Gasteiger partial charge in [-0.2, -0.15) is 11.8 Å². The Bertz CT molecular complexity index is 733. The van der Waals surface area contributed by atoms with Crippen molar-refractivity contribution in [3.63, 3.8) is 0 Å². The van der Waals surface area contributed by atoms with Crippen molar-refractivity contribution in [2.45, 2.75) is 13.2 Å². The van der Waals surface area contributed by atoms with Crippen molar-refractivity contribution < 1.29 is 4.74 Å². The van der Waals surface area contributed by atoms with Crippen LogP contribution in [-0.4, -0.2) is 37.7 Å². The third kappa shape index (κ3) is 6.58. The van der Waals surface area contributed by atoms with E-state index in [9.17, 15) is 0 Å². The van der Waals surface area contributed by atoms with E-state index in [2.05, 4.69) is 39.5 Å². The number of nitrogens with two attached hydrogens (primary N) is 1. The third-order valence-corrected chi connectivity index (χ3v) is 5.27. The lowest BCUT2D eigenvalue weighted by molar-refractivity contribution is 0.185. The number of benzene rings is 2. The Kier molecular flexibility index (Phi) is 9.23. The van der Waals surface area contributed by atoms with Crippen LogP contribution < -0.4 is 16.0 Å². The molecule has 0 aliphatic carbocycles. The number of guanidine groups is 1. The molecule has 1 aliphatic rings. The van der Waals surface area contributed by atoms with Crippen LogP contribution in [0.5, 0.6) is 0 Å². The highest BCUT2D eigenvalue weighted by atomic mass is 127. The summed E-state index contributed by atoms with van der Waals surface area (Å²) >= 11 is 2.02. The first-order chi connectivity index (χ1) is 12.8. The van der Waals surface area contributed by atoms with Crippen LogP contribution in [0.15, 0.2) is 53.5 Å². The van der Waals surface area contributed by atoms with Crippen molar-refractivity contribution in [1.82, 2.24) is 0 Å². The van der Waals surface area contributed by atoms with Crippen LogP contribution in [0.1, 0.15) is 11.1 Å². The SMILES string of the molecule is COCc1ccccc1NC(N)=NCc1ccc(N2CCSCC2)cc1.I. The molecule has 0 radical (unpaired) electrons. The topological polar surface area (TPSA) is 62.9 Å². The number of aliphatic imine (C=N–C) groups is 1. The first kappa shape index (κ1) is 21.8. The van der Waals surface area contributed by atoms with Crippen LogP contribution in [0.4, 0.5) is 11.4 Å². The van der Waals surface area contributed by atoms with Crippen molar-refractivity contribution in [1.29, 1.82) is 0 Å². The fourth-order valence-corrected chi connectivity index (χ4v) is 3.81. The predicted molar refractivity (Wildman–Crippen MR) is 127 cm³/mol. The number of nitrogens with zero attached hydrogens (tertiary/aromatic N) is 2. The first-order valence-electron chi connectivity index (χ1n) is 8.81. The molecule has 0 spiro atoms. The lowest BCUT2D eigenvalue weighted by Gasteiger charge is -2.28. The zero-order valence-electron chi connectivity index (χ0n) is 15.6. The summed E-state index contributed by atoms with van der Waals surface area (Å²) in [5, 5.41) is 3.17. The van der Waals surface area contributed by atoms with Crippen molar-refractivity contribution in [3.8, 4) is 0 Å².